The van der Waals surface area contributed by atoms with Crippen molar-refractivity contribution < 1.29 is 0 Å². The highest BCUT2D eigenvalue weighted by Crippen LogP contribution is 2.29. The van der Waals surface area contributed by atoms with Gasteiger partial charge in [-0.2, -0.15) is 0 Å². The molecular weight excluding hydrogens is 172 g/mol. The molecule has 1 fully saturated rings. The van der Waals surface area contributed by atoms with E-state index >= 15 is 0 Å². The second-order valence-corrected chi connectivity index (χ2v) is 4.09. The third-order valence-corrected chi connectivity index (χ3v) is 2.81. The van der Waals surface area contributed by atoms with Crippen molar-refractivity contribution in [1.29, 1.82) is 0 Å². The van der Waals surface area contributed by atoms with E-state index in [4.69, 9.17) is 0 Å². The Morgan fingerprint density at radius 1 is 1.29 bits per heavy atom. The highest BCUT2D eigenvalue weighted by Gasteiger charge is 2.20. The molecule has 2 nitrogen and oxygen atoms in total. The fourth-order valence-corrected chi connectivity index (χ4v) is 1.74. The molecule has 1 aromatic heterocycles. The molecule has 3 rings (SSSR count). The number of rotatable bonds is 3. The number of fused-ring (bicyclic) bond motifs is 1. The third-order valence-electron chi connectivity index (χ3n) is 2.81. The van der Waals surface area contributed by atoms with Crippen LogP contribution in [-0.2, 0) is 0 Å². The van der Waals surface area contributed by atoms with Gasteiger partial charge in [0.05, 0.1) is 0 Å². The molecule has 0 bridgehead atoms. The Morgan fingerprint density at radius 2 is 2.14 bits per heavy atom. The number of benzene rings is 1. The number of H-pyrrole nitrogens is 1. The lowest BCUT2D eigenvalue weighted by Crippen LogP contribution is -2.02. The zero-order valence-corrected chi connectivity index (χ0v) is 8.09. The predicted molar refractivity (Wildman–Crippen MR) is 59.5 cm³/mol. The van der Waals surface area contributed by atoms with Crippen molar-refractivity contribution in [2.45, 2.75) is 12.8 Å². The van der Waals surface area contributed by atoms with Crippen molar-refractivity contribution in [2.24, 2.45) is 5.92 Å². The molecule has 1 saturated carbocycles. The van der Waals surface area contributed by atoms with E-state index in [0.29, 0.717) is 0 Å². The molecule has 0 aliphatic heterocycles. The van der Waals surface area contributed by atoms with Crippen LogP contribution < -0.4 is 5.32 Å². The molecule has 72 valence electrons. The van der Waals surface area contributed by atoms with Crippen LogP contribution in [0.5, 0.6) is 0 Å². The predicted octanol–water partition coefficient (Wildman–Crippen LogP) is 2.99. The van der Waals surface area contributed by atoms with Crippen molar-refractivity contribution in [3.63, 3.8) is 0 Å². The van der Waals surface area contributed by atoms with Gasteiger partial charge in [0.2, 0.25) is 0 Å². The summed E-state index contributed by atoms with van der Waals surface area (Å²) < 4.78 is 0. The Hall–Kier alpha value is -1.44. The molecular formula is C12H14N2. The maximum absolute atomic E-state index is 3.44. The minimum absolute atomic E-state index is 0.918. The van der Waals surface area contributed by atoms with Crippen LogP contribution in [0.25, 0.3) is 10.9 Å². The van der Waals surface area contributed by atoms with Crippen LogP contribution in [-0.4, -0.2) is 11.5 Å². The first-order valence-corrected chi connectivity index (χ1v) is 5.23. The summed E-state index contributed by atoms with van der Waals surface area (Å²) in [6.07, 6.45) is 2.79. The van der Waals surface area contributed by atoms with E-state index < -0.39 is 0 Å². The Labute approximate surface area is 83.3 Å². The van der Waals surface area contributed by atoms with Gasteiger partial charge in [-0.05, 0) is 30.9 Å². The van der Waals surface area contributed by atoms with E-state index in [9.17, 15) is 0 Å². The van der Waals surface area contributed by atoms with E-state index in [2.05, 4.69) is 40.6 Å². The SMILES string of the molecule is c1ccc2[nH]c(NCC3CC3)cc2c1. The van der Waals surface area contributed by atoms with Crippen LogP contribution in [0, 0.1) is 5.92 Å². The van der Waals surface area contributed by atoms with Gasteiger partial charge in [-0.15, -0.1) is 0 Å². The van der Waals surface area contributed by atoms with Crippen LogP contribution >= 0.6 is 0 Å². The summed E-state index contributed by atoms with van der Waals surface area (Å²) in [5.41, 5.74) is 1.21. The first-order valence-electron chi connectivity index (χ1n) is 5.23. The fourth-order valence-electron chi connectivity index (χ4n) is 1.74. The lowest BCUT2D eigenvalue weighted by atomic mass is 10.2. The molecule has 0 unspecified atom stereocenters. The second kappa shape index (κ2) is 3.05. The molecule has 0 spiro atoms. The van der Waals surface area contributed by atoms with Crippen molar-refractivity contribution in [3.8, 4) is 0 Å². The number of nitrogens with one attached hydrogen (secondary N) is 2. The van der Waals surface area contributed by atoms with Crippen LogP contribution in [0.4, 0.5) is 5.82 Å². The summed E-state index contributed by atoms with van der Waals surface area (Å²) in [6, 6.07) is 10.5. The number of hydrogen-bond donors (Lipinski definition) is 2. The molecule has 0 saturated heterocycles. The molecule has 2 heteroatoms. The van der Waals surface area contributed by atoms with Crippen LogP contribution in [0.15, 0.2) is 30.3 Å². The average Bonchev–Trinajstić information content (AvgIpc) is 2.94. The number of hydrogen-bond acceptors (Lipinski definition) is 1. The van der Waals surface area contributed by atoms with E-state index in [1.54, 1.807) is 0 Å². The average molecular weight is 186 g/mol. The summed E-state index contributed by atoms with van der Waals surface area (Å²) in [7, 11) is 0. The Balaban J connectivity index is 1.82. The van der Waals surface area contributed by atoms with E-state index in [1.807, 2.05) is 0 Å². The smallest absolute Gasteiger partial charge is 0.104 e. The molecule has 0 atom stereocenters. The minimum Gasteiger partial charge on any atom is -0.371 e. The van der Waals surface area contributed by atoms with Gasteiger partial charge in [0.25, 0.3) is 0 Å². The standard InChI is InChI=1S/C12H14N2/c1-2-4-11-10(3-1)7-12(14-11)13-8-9-5-6-9/h1-4,7,9,13-14H,5-6,8H2. The first kappa shape index (κ1) is 7.92. The zero-order valence-electron chi connectivity index (χ0n) is 8.09. The maximum atomic E-state index is 3.44. The Morgan fingerprint density at radius 3 is 2.93 bits per heavy atom. The lowest BCUT2D eigenvalue weighted by molar-refractivity contribution is 0.885. The largest absolute Gasteiger partial charge is 0.371 e. The van der Waals surface area contributed by atoms with Crippen molar-refractivity contribution >= 4 is 16.7 Å². The Bertz CT molecular complexity index is 407. The Kier molecular flexibility index (Phi) is 1.72. The minimum atomic E-state index is 0.918. The molecule has 2 aromatic rings. The summed E-state index contributed by atoms with van der Waals surface area (Å²) in [6.45, 7) is 1.12. The van der Waals surface area contributed by atoms with Crippen molar-refractivity contribution in [3.05, 3.63) is 30.3 Å². The van der Waals surface area contributed by atoms with Gasteiger partial charge >= 0.3 is 0 Å². The monoisotopic (exact) mass is 186 g/mol. The highest BCUT2D eigenvalue weighted by molar-refractivity contribution is 5.83. The quantitative estimate of drug-likeness (QED) is 0.757. The summed E-state index contributed by atoms with van der Waals surface area (Å²) in [5, 5.41) is 4.72. The van der Waals surface area contributed by atoms with Crippen LogP contribution in [0.2, 0.25) is 0 Å². The topological polar surface area (TPSA) is 27.8 Å². The van der Waals surface area contributed by atoms with Gasteiger partial charge in [0.1, 0.15) is 5.82 Å². The summed E-state index contributed by atoms with van der Waals surface area (Å²) >= 11 is 0. The zero-order chi connectivity index (χ0) is 9.38. The van der Waals surface area contributed by atoms with Gasteiger partial charge in [0.15, 0.2) is 0 Å². The molecule has 1 aliphatic carbocycles. The van der Waals surface area contributed by atoms with Crippen molar-refractivity contribution in [2.75, 3.05) is 11.9 Å². The summed E-state index contributed by atoms with van der Waals surface area (Å²) in [4.78, 5) is 3.37. The molecule has 1 aliphatic rings. The molecule has 1 aromatic carbocycles. The fraction of sp³-hybridized carbons (Fsp3) is 0.333. The van der Waals surface area contributed by atoms with Gasteiger partial charge in [-0.1, -0.05) is 18.2 Å². The number of anilines is 1. The van der Waals surface area contributed by atoms with Crippen LogP contribution in [0.3, 0.4) is 0 Å². The second-order valence-electron chi connectivity index (χ2n) is 4.09. The van der Waals surface area contributed by atoms with Crippen molar-refractivity contribution in [1.82, 2.24) is 4.98 Å². The molecule has 0 radical (unpaired) electrons. The van der Waals surface area contributed by atoms with Gasteiger partial charge < -0.3 is 10.3 Å². The third kappa shape index (κ3) is 1.48. The lowest BCUT2D eigenvalue weighted by Gasteiger charge is -1.99. The van der Waals surface area contributed by atoms with Gasteiger partial charge in [-0.25, -0.2) is 0 Å². The molecule has 14 heavy (non-hydrogen) atoms. The van der Waals surface area contributed by atoms with Gasteiger partial charge in [0, 0.05) is 17.4 Å². The molecule has 1 heterocycles. The number of aromatic nitrogens is 1. The number of aromatic amines is 1. The molecule has 0 amide bonds. The van der Waals surface area contributed by atoms with E-state index in [0.717, 1.165) is 18.3 Å². The normalized spacial score (nSPS) is 16.0. The van der Waals surface area contributed by atoms with E-state index in [1.165, 1.54) is 23.7 Å². The van der Waals surface area contributed by atoms with E-state index in [-0.39, 0.29) is 0 Å². The summed E-state index contributed by atoms with van der Waals surface area (Å²) in [5.74, 6) is 2.07. The highest BCUT2D eigenvalue weighted by atomic mass is 15.0. The number of para-hydroxylation sites is 1. The van der Waals surface area contributed by atoms with Crippen LogP contribution in [0.1, 0.15) is 12.8 Å². The maximum Gasteiger partial charge on any atom is 0.104 e. The first-order chi connectivity index (χ1) is 6.92. The van der Waals surface area contributed by atoms with Gasteiger partial charge in [-0.3, -0.25) is 0 Å². The molecule has 2 N–H and O–H groups in total.